The lowest BCUT2D eigenvalue weighted by atomic mass is 10.2. The van der Waals surface area contributed by atoms with Crippen LogP contribution in [0.4, 0.5) is 11.4 Å². The molecule has 4 rings (SSSR count). The number of hydrogen-bond donors (Lipinski definition) is 1. The van der Waals surface area contributed by atoms with Gasteiger partial charge in [-0.3, -0.25) is 9.69 Å². The van der Waals surface area contributed by atoms with E-state index in [1.807, 2.05) is 12.1 Å². The predicted molar refractivity (Wildman–Crippen MR) is 124 cm³/mol. The van der Waals surface area contributed by atoms with E-state index < -0.39 is 0 Å². The summed E-state index contributed by atoms with van der Waals surface area (Å²) in [7, 11) is 0. The van der Waals surface area contributed by atoms with Crippen molar-refractivity contribution in [3.8, 4) is 0 Å². The molecule has 0 aliphatic carbocycles. The van der Waals surface area contributed by atoms with Crippen LogP contribution in [0.5, 0.6) is 0 Å². The molecule has 0 bridgehead atoms. The van der Waals surface area contributed by atoms with Crippen molar-refractivity contribution in [2.24, 2.45) is 0 Å². The fourth-order valence-corrected chi connectivity index (χ4v) is 5.12. The highest BCUT2D eigenvalue weighted by atomic mass is 32.1. The first-order valence-electron chi connectivity index (χ1n) is 11.3. The number of anilines is 2. The molecule has 1 aromatic carbocycles. The quantitative estimate of drug-likeness (QED) is 0.660. The summed E-state index contributed by atoms with van der Waals surface area (Å²) in [5.74, 6) is 0.0343. The topological polar surface area (TPSA) is 44.8 Å². The lowest BCUT2D eigenvalue weighted by Crippen LogP contribution is -2.37. The van der Waals surface area contributed by atoms with Gasteiger partial charge in [-0.25, -0.2) is 0 Å². The van der Waals surface area contributed by atoms with Crippen molar-refractivity contribution in [3.63, 3.8) is 0 Å². The summed E-state index contributed by atoms with van der Waals surface area (Å²) in [5, 5.41) is 5.17. The third-order valence-corrected chi connectivity index (χ3v) is 6.80. The molecule has 2 aliphatic rings. The van der Waals surface area contributed by atoms with Crippen molar-refractivity contribution in [2.45, 2.75) is 51.2 Å². The van der Waals surface area contributed by atoms with Gasteiger partial charge in [-0.15, -0.1) is 11.3 Å². The number of carbonyl (C=O) groups excluding carboxylic acids is 1. The molecule has 6 heteroatoms. The smallest absolute Gasteiger partial charge is 0.238 e. The molecule has 2 aromatic rings. The van der Waals surface area contributed by atoms with Crippen LogP contribution in [-0.2, 0) is 16.1 Å². The van der Waals surface area contributed by atoms with E-state index in [1.165, 1.54) is 36.2 Å². The second-order valence-corrected chi connectivity index (χ2v) is 9.41. The fraction of sp³-hybridized carbons (Fsp3) is 0.542. The standard InChI is InChI=1S/C24H33N3O2S/c28-24(19-26(17-22-7-5-15-29-22)18-23-8-6-16-30-23)25-20-9-11-21(12-10-20)27-13-3-1-2-4-14-27/h6,8-12,16,22H,1-5,7,13-15,17-19H2,(H,25,28)/t22-/m1/s1. The van der Waals surface area contributed by atoms with Crippen molar-refractivity contribution >= 4 is 28.6 Å². The number of ether oxygens (including phenoxy) is 1. The Bertz CT molecular complexity index is 764. The van der Waals surface area contributed by atoms with Gasteiger partial charge in [0.25, 0.3) is 0 Å². The Hall–Kier alpha value is -1.89. The number of amides is 1. The van der Waals surface area contributed by atoms with Crippen molar-refractivity contribution in [2.75, 3.05) is 43.0 Å². The zero-order valence-electron chi connectivity index (χ0n) is 17.7. The maximum atomic E-state index is 12.8. The van der Waals surface area contributed by atoms with Gasteiger partial charge in [0.15, 0.2) is 0 Å². The normalized spacial score (nSPS) is 19.8. The predicted octanol–water partition coefficient (Wildman–Crippen LogP) is 4.75. The van der Waals surface area contributed by atoms with Crippen LogP contribution >= 0.6 is 11.3 Å². The van der Waals surface area contributed by atoms with Gasteiger partial charge in [0.2, 0.25) is 5.91 Å². The minimum atomic E-state index is 0.0343. The number of rotatable bonds is 8. The number of thiophene rings is 1. The van der Waals surface area contributed by atoms with Gasteiger partial charge in [-0.05, 0) is 61.4 Å². The lowest BCUT2D eigenvalue weighted by molar-refractivity contribution is -0.117. The van der Waals surface area contributed by atoms with E-state index in [4.69, 9.17) is 4.74 Å². The summed E-state index contributed by atoms with van der Waals surface area (Å²) in [5.41, 5.74) is 2.12. The number of carbonyl (C=O) groups is 1. The maximum absolute atomic E-state index is 12.8. The molecule has 0 spiro atoms. The van der Waals surface area contributed by atoms with Crippen LogP contribution in [-0.4, -0.2) is 49.7 Å². The monoisotopic (exact) mass is 427 g/mol. The highest BCUT2D eigenvalue weighted by molar-refractivity contribution is 7.09. The van der Waals surface area contributed by atoms with Crippen LogP contribution in [0, 0.1) is 0 Å². The summed E-state index contributed by atoms with van der Waals surface area (Å²) in [4.78, 5) is 18.7. The molecule has 1 N–H and O–H groups in total. The van der Waals surface area contributed by atoms with Crippen LogP contribution in [0.2, 0.25) is 0 Å². The van der Waals surface area contributed by atoms with Crippen molar-refractivity contribution in [3.05, 3.63) is 46.7 Å². The Morgan fingerprint density at radius 1 is 1.10 bits per heavy atom. The van der Waals surface area contributed by atoms with Crippen LogP contribution in [0.3, 0.4) is 0 Å². The molecule has 162 valence electrons. The van der Waals surface area contributed by atoms with Gasteiger partial charge in [0.05, 0.1) is 12.6 Å². The fourth-order valence-electron chi connectivity index (χ4n) is 4.37. The Labute approximate surface area is 184 Å². The van der Waals surface area contributed by atoms with Gasteiger partial charge in [0.1, 0.15) is 0 Å². The van der Waals surface area contributed by atoms with E-state index in [2.05, 4.69) is 44.8 Å². The second kappa shape index (κ2) is 10.9. The zero-order valence-corrected chi connectivity index (χ0v) is 18.5. The third kappa shape index (κ3) is 6.30. The van der Waals surface area contributed by atoms with Crippen molar-refractivity contribution in [1.82, 2.24) is 4.90 Å². The summed E-state index contributed by atoms with van der Waals surface area (Å²) < 4.78 is 5.81. The van der Waals surface area contributed by atoms with E-state index in [-0.39, 0.29) is 12.0 Å². The number of nitrogens with one attached hydrogen (secondary N) is 1. The maximum Gasteiger partial charge on any atom is 0.238 e. The molecule has 5 nitrogen and oxygen atoms in total. The Kier molecular flexibility index (Phi) is 7.78. The van der Waals surface area contributed by atoms with Crippen LogP contribution in [0.25, 0.3) is 0 Å². The average molecular weight is 428 g/mol. The van der Waals surface area contributed by atoms with Gasteiger partial charge in [0, 0.05) is 49.0 Å². The van der Waals surface area contributed by atoms with E-state index >= 15 is 0 Å². The largest absolute Gasteiger partial charge is 0.377 e. The van der Waals surface area contributed by atoms with Gasteiger partial charge in [-0.2, -0.15) is 0 Å². The first-order chi connectivity index (χ1) is 14.8. The van der Waals surface area contributed by atoms with Crippen LogP contribution in [0.1, 0.15) is 43.4 Å². The molecule has 0 saturated carbocycles. The molecule has 1 amide bonds. The average Bonchev–Trinajstić information content (AvgIpc) is 3.38. The molecule has 2 saturated heterocycles. The molecule has 2 aliphatic heterocycles. The molecular formula is C24H33N3O2S. The molecular weight excluding hydrogens is 394 g/mol. The first kappa shape index (κ1) is 21.3. The second-order valence-electron chi connectivity index (χ2n) is 8.38. The summed E-state index contributed by atoms with van der Waals surface area (Å²) in [6, 6.07) is 12.5. The van der Waals surface area contributed by atoms with Gasteiger partial charge < -0.3 is 15.0 Å². The Morgan fingerprint density at radius 3 is 2.57 bits per heavy atom. The third-order valence-electron chi connectivity index (χ3n) is 5.93. The van der Waals surface area contributed by atoms with Gasteiger partial charge in [-0.1, -0.05) is 18.9 Å². The molecule has 0 unspecified atom stereocenters. The Balaban J connectivity index is 1.32. The van der Waals surface area contributed by atoms with E-state index in [0.717, 1.165) is 51.3 Å². The van der Waals surface area contributed by atoms with Gasteiger partial charge >= 0.3 is 0 Å². The summed E-state index contributed by atoms with van der Waals surface area (Å²) in [6.45, 7) is 5.08. The zero-order chi connectivity index (χ0) is 20.6. The summed E-state index contributed by atoms with van der Waals surface area (Å²) >= 11 is 1.74. The lowest BCUT2D eigenvalue weighted by Gasteiger charge is -2.24. The van der Waals surface area contributed by atoms with E-state index in [0.29, 0.717) is 6.54 Å². The molecule has 1 aromatic heterocycles. The molecule has 1 atom stereocenters. The number of benzene rings is 1. The molecule has 0 radical (unpaired) electrons. The summed E-state index contributed by atoms with van der Waals surface area (Å²) in [6.07, 6.45) is 7.64. The molecule has 2 fully saturated rings. The highest BCUT2D eigenvalue weighted by Crippen LogP contribution is 2.22. The molecule has 3 heterocycles. The van der Waals surface area contributed by atoms with Crippen LogP contribution < -0.4 is 10.2 Å². The molecule has 30 heavy (non-hydrogen) atoms. The SMILES string of the molecule is O=C(CN(Cc1cccs1)C[C@H]1CCCO1)Nc1ccc(N2CCCCCC2)cc1. The Morgan fingerprint density at radius 2 is 1.90 bits per heavy atom. The first-order valence-corrected chi connectivity index (χ1v) is 12.2. The minimum Gasteiger partial charge on any atom is -0.377 e. The number of hydrogen-bond acceptors (Lipinski definition) is 5. The van der Waals surface area contributed by atoms with E-state index in [9.17, 15) is 4.79 Å². The van der Waals surface area contributed by atoms with Crippen molar-refractivity contribution < 1.29 is 9.53 Å². The van der Waals surface area contributed by atoms with Crippen LogP contribution in [0.15, 0.2) is 41.8 Å². The van der Waals surface area contributed by atoms with E-state index in [1.54, 1.807) is 11.3 Å². The highest BCUT2D eigenvalue weighted by Gasteiger charge is 2.21. The minimum absolute atomic E-state index is 0.0343. The van der Waals surface area contributed by atoms with Crippen molar-refractivity contribution in [1.29, 1.82) is 0 Å². The number of nitrogens with zero attached hydrogens (tertiary/aromatic N) is 2.